The minimum Gasteiger partial charge on any atom is -0.435 e. The van der Waals surface area contributed by atoms with Gasteiger partial charge in [0.25, 0.3) is 0 Å². The molecule has 0 spiro atoms. The van der Waals surface area contributed by atoms with Crippen LogP contribution in [-0.4, -0.2) is 48.9 Å². The number of ether oxygens (including phenoxy) is 2. The molecule has 2 N–H and O–H groups in total. The summed E-state index contributed by atoms with van der Waals surface area (Å²) < 4.78 is 34.2. The van der Waals surface area contributed by atoms with Gasteiger partial charge >= 0.3 is 12.6 Å². The lowest BCUT2D eigenvalue weighted by Gasteiger charge is -2.28. The minimum atomic E-state index is -2.93. The number of urea groups is 1. The van der Waals surface area contributed by atoms with E-state index in [9.17, 15) is 13.6 Å². The topological polar surface area (TPSA) is 88.6 Å². The van der Waals surface area contributed by atoms with Gasteiger partial charge in [-0.05, 0) is 19.1 Å². The Balaban J connectivity index is 1.58. The molecule has 150 valence electrons. The van der Waals surface area contributed by atoms with Crippen LogP contribution in [0.1, 0.15) is 11.5 Å². The van der Waals surface area contributed by atoms with E-state index in [0.29, 0.717) is 24.7 Å². The van der Waals surface area contributed by atoms with Gasteiger partial charge in [0.2, 0.25) is 0 Å². The molecule has 0 unspecified atom stereocenters. The molecule has 1 saturated heterocycles. The number of halogens is 2. The lowest BCUT2D eigenvalue weighted by Crippen LogP contribution is -2.37. The van der Waals surface area contributed by atoms with Crippen LogP contribution in [0.2, 0.25) is 0 Å². The molecular weight excluding hydrogens is 372 g/mol. The molecule has 2 aromatic rings. The van der Waals surface area contributed by atoms with Gasteiger partial charge in [0.15, 0.2) is 0 Å². The number of nitrogens with one attached hydrogen (secondary N) is 2. The molecule has 28 heavy (non-hydrogen) atoms. The molecule has 3 rings (SSSR count). The highest BCUT2D eigenvalue weighted by Gasteiger charge is 2.14. The second kappa shape index (κ2) is 9.27. The van der Waals surface area contributed by atoms with E-state index >= 15 is 0 Å². The Morgan fingerprint density at radius 2 is 2.07 bits per heavy atom. The summed E-state index contributed by atoms with van der Waals surface area (Å²) in [6, 6.07) is 7.15. The number of aryl methyl sites for hydroxylation is 1. The van der Waals surface area contributed by atoms with Gasteiger partial charge in [0.05, 0.1) is 19.8 Å². The van der Waals surface area contributed by atoms with Crippen LogP contribution in [0.15, 0.2) is 30.3 Å². The van der Waals surface area contributed by atoms with Gasteiger partial charge in [-0.3, -0.25) is 0 Å². The van der Waals surface area contributed by atoms with E-state index in [1.165, 1.54) is 18.2 Å². The third-order valence-electron chi connectivity index (χ3n) is 3.95. The summed E-state index contributed by atoms with van der Waals surface area (Å²) in [5.74, 6) is 1.24. The average Bonchev–Trinajstić information content (AvgIpc) is 2.66. The molecule has 1 aromatic carbocycles. The normalized spacial score (nSPS) is 14.1. The van der Waals surface area contributed by atoms with Crippen molar-refractivity contribution in [2.24, 2.45) is 0 Å². The van der Waals surface area contributed by atoms with Crippen molar-refractivity contribution < 1.29 is 23.0 Å². The van der Waals surface area contributed by atoms with Crippen molar-refractivity contribution in [3.8, 4) is 5.75 Å². The van der Waals surface area contributed by atoms with Crippen molar-refractivity contribution >= 4 is 17.5 Å². The minimum absolute atomic E-state index is 0.0371. The molecule has 1 aliphatic heterocycles. The van der Waals surface area contributed by atoms with Crippen LogP contribution in [0.5, 0.6) is 5.75 Å². The molecule has 0 atom stereocenters. The van der Waals surface area contributed by atoms with E-state index in [1.807, 2.05) is 13.0 Å². The maximum atomic E-state index is 12.3. The van der Waals surface area contributed by atoms with Crippen molar-refractivity contribution in [1.29, 1.82) is 0 Å². The third kappa shape index (κ3) is 5.74. The molecule has 2 heterocycles. The number of rotatable bonds is 6. The molecule has 0 aliphatic carbocycles. The van der Waals surface area contributed by atoms with Crippen LogP contribution in [0.4, 0.5) is 25.1 Å². The number of alkyl halides is 2. The number of carbonyl (C=O) groups is 1. The Morgan fingerprint density at radius 1 is 1.29 bits per heavy atom. The number of hydrogen-bond donors (Lipinski definition) is 2. The van der Waals surface area contributed by atoms with Gasteiger partial charge in [-0.2, -0.15) is 8.78 Å². The second-order valence-electron chi connectivity index (χ2n) is 6.10. The fraction of sp³-hybridized carbons (Fsp3) is 0.389. The second-order valence-corrected chi connectivity index (χ2v) is 6.10. The number of anilines is 2. The summed E-state index contributed by atoms with van der Waals surface area (Å²) in [6.45, 7) is 1.85. The quantitative estimate of drug-likeness (QED) is 0.784. The molecule has 0 bridgehead atoms. The summed E-state index contributed by atoms with van der Waals surface area (Å²) in [7, 11) is 0. The van der Waals surface area contributed by atoms with Gasteiger partial charge in [0.1, 0.15) is 17.4 Å². The summed E-state index contributed by atoms with van der Waals surface area (Å²) in [5.41, 5.74) is 1.13. The first kappa shape index (κ1) is 19.7. The summed E-state index contributed by atoms with van der Waals surface area (Å²) >= 11 is 0. The van der Waals surface area contributed by atoms with Crippen molar-refractivity contribution in [3.05, 3.63) is 41.9 Å². The van der Waals surface area contributed by atoms with E-state index in [1.54, 1.807) is 6.07 Å². The van der Waals surface area contributed by atoms with Crippen molar-refractivity contribution in [3.63, 3.8) is 0 Å². The number of nitrogens with zero attached hydrogens (tertiary/aromatic N) is 3. The standard InChI is InChI=1S/C18H21F2N5O3/c1-12-9-16(25-5-7-27-8-6-25)24-15(22-12)11-21-18(26)23-13-3-2-4-14(10-13)28-17(19)20/h2-4,9-10,17H,5-8,11H2,1H3,(H2,21,23,26). The number of benzene rings is 1. The summed E-state index contributed by atoms with van der Waals surface area (Å²) in [4.78, 5) is 23.0. The lowest BCUT2D eigenvalue weighted by atomic mass is 10.3. The number of carbonyl (C=O) groups excluding carboxylic acids is 1. The molecule has 0 radical (unpaired) electrons. The van der Waals surface area contributed by atoms with Gasteiger partial charge in [0, 0.05) is 36.6 Å². The number of aromatic nitrogens is 2. The van der Waals surface area contributed by atoms with E-state index in [0.717, 1.165) is 24.6 Å². The van der Waals surface area contributed by atoms with Crippen LogP contribution in [-0.2, 0) is 11.3 Å². The van der Waals surface area contributed by atoms with Crippen LogP contribution < -0.4 is 20.3 Å². The Morgan fingerprint density at radius 3 is 2.82 bits per heavy atom. The maximum Gasteiger partial charge on any atom is 0.387 e. The smallest absolute Gasteiger partial charge is 0.387 e. The predicted molar refractivity (Wildman–Crippen MR) is 98.7 cm³/mol. The van der Waals surface area contributed by atoms with Crippen molar-refractivity contribution in [2.45, 2.75) is 20.1 Å². The molecule has 2 amide bonds. The van der Waals surface area contributed by atoms with Gasteiger partial charge < -0.3 is 25.0 Å². The predicted octanol–water partition coefficient (Wildman–Crippen LogP) is 2.54. The highest BCUT2D eigenvalue weighted by Crippen LogP contribution is 2.19. The molecule has 10 heteroatoms. The monoisotopic (exact) mass is 393 g/mol. The fourth-order valence-electron chi connectivity index (χ4n) is 2.73. The maximum absolute atomic E-state index is 12.3. The lowest BCUT2D eigenvalue weighted by molar-refractivity contribution is -0.0497. The van der Waals surface area contributed by atoms with E-state index < -0.39 is 12.6 Å². The summed E-state index contributed by atoms with van der Waals surface area (Å²) in [5, 5.41) is 5.22. The zero-order chi connectivity index (χ0) is 19.9. The molecule has 1 fully saturated rings. The van der Waals surface area contributed by atoms with Crippen LogP contribution >= 0.6 is 0 Å². The first-order chi connectivity index (χ1) is 13.5. The first-order valence-electron chi connectivity index (χ1n) is 8.76. The SMILES string of the molecule is Cc1cc(N2CCOCC2)nc(CNC(=O)Nc2cccc(OC(F)F)c2)n1. The highest BCUT2D eigenvalue weighted by molar-refractivity contribution is 5.89. The van der Waals surface area contributed by atoms with Crippen LogP contribution in [0.25, 0.3) is 0 Å². The first-order valence-corrected chi connectivity index (χ1v) is 8.76. The average molecular weight is 393 g/mol. The van der Waals surface area contributed by atoms with E-state index in [4.69, 9.17) is 4.74 Å². The van der Waals surface area contributed by atoms with Gasteiger partial charge in [-0.25, -0.2) is 14.8 Å². The Kier molecular flexibility index (Phi) is 6.53. The Labute approximate surface area is 160 Å². The zero-order valence-corrected chi connectivity index (χ0v) is 15.3. The van der Waals surface area contributed by atoms with Gasteiger partial charge in [-0.15, -0.1) is 0 Å². The molecule has 8 nitrogen and oxygen atoms in total. The number of hydrogen-bond acceptors (Lipinski definition) is 6. The van der Waals surface area contributed by atoms with Gasteiger partial charge in [-0.1, -0.05) is 6.07 Å². The van der Waals surface area contributed by atoms with Crippen LogP contribution in [0.3, 0.4) is 0 Å². The third-order valence-corrected chi connectivity index (χ3v) is 3.95. The zero-order valence-electron chi connectivity index (χ0n) is 15.3. The number of amides is 2. The molecule has 1 aliphatic rings. The van der Waals surface area contributed by atoms with Crippen LogP contribution in [0, 0.1) is 6.92 Å². The number of morpholine rings is 1. The van der Waals surface area contributed by atoms with E-state index in [-0.39, 0.29) is 12.3 Å². The van der Waals surface area contributed by atoms with E-state index in [2.05, 4.69) is 30.2 Å². The Hall–Kier alpha value is -3.01. The summed E-state index contributed by atoms with van der Waals surface area (Å²) in [6.07, 6.45) is 0. The molecule has 1 aromatic heterocycles. The largest absolute Gasteiger partial charge is 0.435 e. The van der Waals surface area contributed by atoms with Crippen molar-refractivity contribution in [2.75, 3.05) is 36.5 Å². The van der Waals surface area contributed by atoms with Crippen molar-refractivity contribution in [1.82, 2.24) is 15.3 Å². The molecule has 0 saturated carbocycles. The fourth-order valence-corrected chi connectivity index (χ4v) is 2.73. The highest BCUT2D eigenvalue weighted by atomic mass is 19.3. The molecular formula is C18H21F2N5O3. The Bertz CT molecular complexity index is 816.